The van der Waals surface area contributed by atoms with E-state index in [0.29, 0.717) is 17.0 Å². The van der Waals surface area contributed by atoms with Crippen LogP contribution in [0.1, 0.15) is 18.1 Å². The van der Waals surface area contributed by atoms with Crippen molar-refractivity contribution in [3.05, 3.63) is 62.7 Å². The second-order valence-electron chi connectivity index (χ2n) is 5.37. The Balaban J connectivity index is 0.000000646. The molecule has 0 aliphatic carbocycles. The Labute approximate surface area is 160 Å². The SMILES string of the molecule is CCNC=O.Cc1ccc(Oc2cc(Cl)cc(CC(=O)O)c2)c([N+](=O)[O-])c1. The molecular formula is C18H19ClN2O6. The lowest BCUT2D eigenvalue weighted by Crippen LogP contribution is -2.07. The monoisotopic (exact) mass is 394 g/mol. The van der Waals surface area contributed by atoms with Gasteiger partial charge in [0.1, 0.15) is 5.75 Å². The fourth-order valence-corrected chi connectivity index (χ4v) is 2.27. The summed E-state index contributed by atoms with van der Waals surface area (Å²) in [5.74, 6) is -0.690. The number of carboxylic acid groups (broad SMARTS) is 1. The van der Waals surface area contributed by atoms with Crippen LogP contribution in [-0.4, -0.2) is 29.0 Å². The molecule has 0 bridgehead atoms. The number of rotatable bonds is 7. The van der Waals surface area contributed by atoms with Gasteiger partial charge < -0.3 is 15.2 Å². The number of carbonyl (C=O) groups excluding carboxylic acids is 1. The smallest absolute Gasteiger partial charge is 0.311 e. The number of nitrogens with one attached hydrogen (secondary N) is 1. The molecule has 0 aliphatic rings. The first-order valence-corrected chi connectivity index (χ1v) is 8.25. The first kappa shape index (κ1) is 21.9. The van der Waals surface area contributed by atoms with Gasteiger partial charge in [0.25, 0.3) is 0 Å². The van der Waals surface area contributed by atoms with E-state index in [2.05, 4.69) is 5.32 Å². The van der Waals surface area contributed by atoms with Crippen LogP contribution in [0, 0.1) is 17.0 Å². The predicted molar refractivity (Wildman–Crippen MR) is 100 cm³/mol. The minimum Gasteiger partial charge on any atom is -0.481 e. The number of hydrogen-bond donors (Lipinski definition) is 2. The number of nitrogens with zero attached hydrogens (tertiary/aromatic N) is 1. The lowest BCUT2D eigenvalue weighted by atomic mass is 10.1. The van der Waals surface area contributed by atoms with Gasteiger partial charge in [-0.2, -0.15) is 0 Å². The van der Waals surface area contributed by atoms with Crippen LogP contribution in [0.25, 0.3) is 0 Å². The lowest BCUT2D eigenvalue weighted by Gasteiger charge is -2.09. The van der Waals surface area contributed by atoms with Crippen molar-refractivity contribution in [1.29, 1.82) is 0 Å². The van der Waals surface area contributed by atoms with E-state index in [1.165, 1.54) is 30.3 Å². The molecule has 0 heterocycles. The van der Waals surface area contributed by atoms with Crippen molar-refractivity contribution in [2.24, 2.45) is 0 Å². The fraction of sp³-hybridized carbons (Fsp3) is 0.222. The minimum absolute atomic E-state index is 0.0686. The summed E-state index contributed by atoms with van der Waals surface area (Å²) in [6.45, 7) is 4.33. The van der Waals surface area contributed by atoms with Gasteiger partial charge in [0, 0.05) is 17.6 Å². The second kappa shape index (κ2) is 10.8. The van der Waals surface area contributed by atoms with Gasteiger partial charge in [-0.25, -0.2) is 0 Å². The summed E-state index contributed by atoms with van der Waals surface area (Å²) < 4.78 is 5.51. The molecule has 0 atom stereocenters. The molecule has 0 fully saturated rings. The highest BCUT2D eigenvalue weighted by Crippen LogP contribution is 2.33. The summed E-state index contributed by atoms with van der Waals surface area (Å²) >= 11 is 5.92. The molecule has 0 saturated heterocycles. The Morgan fingerprint density at radius 1 is 1.33 bits per heavy atom. The second-order valence-corrected chi connectivity index (χ2v) is 5.81. The topological polar surface area (TPSA) is 119 Å². The molecule has 2 rings (SSSR count). The van der Waals surface area contributed by atoms with Crippen LogP contribution >= 0.6 is 11.6 Å². The Bertz CT molecular complexity index is 825. The number of amides is 1. The van der Waals surface area contributed by atoms with Crippen LogP contribution in [0.4, 0.5) is 5.69 Å². The highest BCUT2D eigenvalue weighted by Gasteiger charge is 2.16. The van der Waals surface area contributed by atoms with Crippen molar-refractivity contribution >= 4 is 29.7 Å². The molecule has 0 aromatic heterocycles. The summed E-state index contributed by atoms with van der Waals surface area (Å²) in [5.41, 5.74) is 1.02. The van der Waals surface area contributed by atoms with Crippen molar-refractivity contribution < 1.29 is 24.4 Å². The third-order valence-electron chi connectivity index (χ3n) is 3.11. The van der Waals surface area contributed by atoms with E-state index >= 15 is 0 Å². The van der Waals surface area contributed by atoms with Crippen LogP contribution in [0.2, 0.25) is 5.02 Å². The zero-order valence-corrected chi connectivity index (χ0v) is 15.5. The number of halogens is 1. The Hall–Kier alpha value is -3.13. The van der Waals surface area contributed by atoms with E-state index in [0.717, 1.165) is 12.1 Å². The number of carboxylic acids is 1. The van der Waals surface area contributed by atoms with Crippen LogP contribution in [0.5, 0.6) is 11.5 Å². The number of ether oxygens (including phenoxy) is 1. The molecule has 0 radical (unpaired) electrons. The Morgan fingerprint density at radius 3 is 2.56 bits per heavy atom. The lowest BCUT2D eigenvalue weighted by molar-refractivity contribution is -0.385. The molecule has 0 aliphatic heterocycles. The summed E-state index contributed by atoms with van der Waals surface area (Å²) in [6.07, 6.45) is 0.465. The minimum atomic E-state index is -1.01. The van der Waals surface area contributed by atoms with Crippen LogP contribution in [0.3, 0.4) is 0 Å². The van der Waals surface area contributed by atoms with Crippen LogP contribution in [0.15, 0.2) is 36.4 Å². The maximum absolute atomic E-state index is 11.1. The zero-order chi connectivity index (χ0) is 20.4. The van der Waals surface area contributed by atoms with E-state index in [1.54, 1.807) is 13.0 Å². The number of nitro groups is 1. The summed E-state index contributed by atoms with van der Waals surface area (Å²) in [6, 6.07) is 9.04. The molecule has 144 valence electrons. The van der Waals surface area contributed by atoms with E-state index < -0.39 is 10.9 Å². The number of carbonyl (C=O) groups is 2. The molecule has 2 aromatic carbocycles. The van der Waals surface area contributed by atoms with E-state index in [9.17, 15) is 19.7 Å². The molecule has 0 spiro atoms. The van der Waals surface area contributed by atoms with Crippen molar-refractivity contribution in [3.63, 3.8) is 0 Å². The van der Waals surface area contributed by atoms with Gasteiger partial charge in [-0.3, -0.25) is 19.7 Å². The van der Waals surface area contributed by atoms with Crippen molar-refractivity contribution in [1.82, 2.24) is 5.32 Å². The number of nitro benzene ring substituents is 1. The highest BCUT2D eigenvalue weighted by atomic mass is 35.5. The van der Waals surface area contributed by atoms with Crippen molar-refractivity contribution in [2.75, 3.05) is 6.54 Å². The molecule has 0 unspecified atom stereocenters. The van der Waals surface area contributed by atoms with Gasteiger partial charge in [0.05, 0.1) is 11.3 Å². The normalized spacial score (nSPS) is 9.59. The molecule has 1 amide bonds. The summed E-state index contributed by atoms with van der Waals surface area (Å²) in [4.78, 5) is 30.6. The molecule has 8 nitrogen and oxygen atoms in total. The predicted octanol–water partition coefficient (Wildman–Crippen LogP) is 3.73. The first-order chi connectivity index (χ1) is 12.8. The third-order valence-corrected chi connectivity index (χ3v) is 3.33. The molecular weight excluding hydrogens is 376 g/mol. The van der Waals surface area contributed by atoms with Gasteiger partial charge in [0.2, 0.25) is 12.2 Å². The quantitative estimate of drug-likeness (QED) is 0.419. The zero-order valence-electron chi connectivity index (χ0n) is 14.8. The number of aryl methyl sites for hydroxylation is 1. The van der Waals surface area contributed by atoms with Gasteiger partial charge in [-0.1, -0.05) is 17.7 Å². The van der Waals surface area contributed by atoms with Crippen LogP contribution < -0.4 is 10.1 Å². The largest absolute Gasteiger partial charge is 0.481 e. The van der Waals surface area contributed by atoms with E-state index in [1.807, 2.05) is 6.92 Å². The highest BCUT2D eigenvalue weighted by molar-refractivity contribution is 6.30. The molecule has 9 heteroatoms. The number of benzene rings is 2. The van der Waals surface area contributed by atoms with Crippen molar-refractivity contribution in [3.8, 4) is 11.5 Å². The standard InChI is InChI=1S/C15H12ClNO5.C3H7NO/c1-9-2-3-14(13(4-9)17(20)21)22-12-6-10(7-15(18)19)5-11(16)8-12;1-2-4-3-5/h2-6,8H,7H2,1H3,(H,18,19);3H,2H2,1H3,(H,4,5). The third kappa shape index (κ3) is 7.74. The van der Waals surface area contributed by atoms with Crippen LogP contribution in [-0.2, 0) is 16.0 Å². The van der Waals surface area contributed by atoms with Gasteiger partial charge in [0.15, 0.2) is 0 Å². The van der Waals surface area contributed by atoms with Gasteiger partial charge in [-0.15, -0.1) is 0 Å². The van der Waals surface area contributed by atoms with Gasteiger partial charge >= 0.3 is 11.7 Å². The molecule has 2 N–H and O–H groups in total. The van der Waals surface area contributed by atoms with Crippen molar-refractivity contribution in [2.45, 2.75) is 20.3 Å². The first-order valence-electron chi connectivity index (χ1n) is 7.88. The molecule has 2 aromatic rings. The van der Waals surface area contributed by atoms with E-state index in [-0.39, 0.29) is 23.6 Å². The Morgan fingerprint density at radius 2 is 2.04 bits per heavy atom. The summed E-state index contributed by atoms with van der Waals surface area (Å²) in [7, 11) is 0. The van der Waals surface area contributed by atoms with E-state index in [4.69, 9.17) is 21.4 Å². The number of aliphatic carboxylic acids is 1. The Kier molecular flexibility index (Phi) is 8.74. The maximum atomic E-state index is 11.1. The van der Waals surface area contributed by atoms with Gasteiger partial charge in [-0.05, 0) is 49.2 Å². The molecule has 0 saturated carbocycles. The molecule has 27 heavy (non-hydrogen) atoms. The average molecular weight is 395 g/mol. The fourth-order valence-electron chi connectivity index (χ4n) is 2.02. The average Bonchev–Trinajstić information content (AvgIpc) is 2.56. The maximum Gasteiger partial charge on any atom is 0.311 e. The number of hydrogen-bond acceptors (Lipinski definition) is 5. The summed E-state index contributed by atoms with van der Waals surface area (Å²) in [5, 5.41) is 22.6.